The van der Waals surface area contributed by atoms with Crippen LogP contribution in [0.3, 0.4) is 0 Å². The van der Waals surface area contributed by atoms with Crippen LogP contribution in [0.25, 0.3) is 10.9 Å². The number of benzene rings is 2. The van der Waals surface area contributed by atoms with E-state index in [0.29, 0.717) is 11.3 Å². The summed E-state index contributed by atoms with van der Waals surface area (Å²) in [6.07, 6.45) is 1.15. The molecular formula is C26H33N3O3. The first-order valence-electron chi connectivity index (χ1n) is 11.3. The van der Waals surface area contributed by atoms with Crippen molar-refractivity contribution in [3.8, 4) is 11.5 Å². The molecule has 1 saturated heterocycles. The lowest BCUT2D eigenvalue weighted by Gasteiger charge is -2.32. The molecule has 0 atom stereocenters. The van der Waals surface area contributed by atoms with Crippen LogP contribution in [0.2, 0.25) is 0 Å². The highest BCUT2D eigenvalue weighted by Crippen LogP contribution is 2.31. The molecule has 1 aliphatic heterocycles. The van der Waals surface area contributed by atoms with Gasteiger partial charge < -0.3 is 23.8 Å². The fourth-order valence-electron chi connectivity index (χ4n) is 4.44. The number of methoxy groups -OCH3 is 1. The number of piperazine rings is 1. The van der Waals surface area contributed by atoms with E-state index in [0.717, 1.165) is 38.3 Å². The molecule has 0 unspecified atom stereocenters. The van der Waals surface area contributed by atoms with Crippen LogP contribution in [0.1, 0.15) is 28.0 Å². The number of likely N-dealkylation sites (N-methyl/N-ethyl adjacent to an activating group) is 1. The fourth-order valence-corrected chi connectivity index (χ4v) is 4.44. The van der Waals surface area contributed by atoms with Crippen LogP contribution in [0, 0.1) is 13.8 Å². The molecule has 3 aromatic rings. The molecule has 0 saturated carbocycles. The maximum Gasteiger partial charge on any atom is 0.337 e. The van der Waals surface area contributed by atoms with Gasteiger partial charge in [0.2, 0.25) is 0 Å². The zero-order valence-corrected chi connectivity index (χ0v) is 19.6. The molecule has 1 aromatic heterocycles. The summed E-state index contributed by atoms with van der Waals surface area (Å²) in [7, 11) is 3.58. The molecule has 6 nitrogen and oxygen atoms in total. The van der Waals surface area contributed by atoms with E-state index in [4.69, 9.17) is 9.47 Å². The molecule has 0 spiro atoms. The number of hydrogen-bond acceptors (Lipinski definition) is 5. The zero-order chi connectivity index (χ0) is 22.7. The fraction of sp³-hybridized carbons (Fsp3) is 0.423. The van der Waals surface area contributed by atoms with E-state index in [9.17, 15) is 4.79 Å². The Kier molecular flexibility index (Phi) is 6.82. The number of ether oxygens (including phenoxy) is 2. The van der Waals surface area contributed by atoms with E-state index in [1.54, 1.807) is 18.2 Å². The molecule has 0 radical (unpaired) electrons. The molecular weight excluding hydrogens is 402 g/mol. The van der Waals surface area contributed by atoms with Crippen LogP contribution in [0.15, 0.2) is 42.5 Å². The second-order valence-corrected chi connectivity index (χ2v) is 8.66. The van der Waals surface area contributed by atoms with E-state index < -0.39 is 0 Å². The lowest BCUT2D eigenvalue weighted by atomic mass is 10.1. The second-order valence-electron chi connectivity index (χ2n) is 8.66. The average molecular weight is 436 g/mol. The SMILES string of the molecule is COC(=O)c1cccc(Oc2ccc3c(c2)c(C)c(C)n3CCCN2CCN(C)CC2)c1. The Hall–Kier alpha value is -2.83. The third-order valence-corrected chi connectivity index (χ3v) is 6.55. The first kappa shape index (κ1) is 22.4. The summed E-state index contributed by atoms with van der Waals surface area (Å²) in [5, 5.41) is 1.21. The monoisotopic (exact) mass is 435 g/mol. The topological polar surface area (TPSA) is 46.9 Å². The van der Waals surface area contributed by atoms with Gasteiger partial charge in [0, 0.05) is 49.3 Å². The molecule has 1 fully saturated rings. The highest BCUT2D eigenvalue weighted by molar-refractivity contribution is 5.90. The number of esters is 1. The molecule has 2 aromatic carbocycles. The van der Waals surface area contributed by atoms with Gasteiger partial charge in [-0.3, -0.25) is 0 Å². The number of rotatable bonds is 7. The third-order valence-electron chi connectivity index (χ3n) is 6.55. The lowest BCUT2D eigenvalue weighted by molar-refractivity contribution is 0.0600. The minimum Gasteiger partial charge on any atom is -0.465 e. The van der Waals surface area contributed by atoms with Crippen molar-refractivity contribution in [3.05, 3.63) is 59.3 Å². The van der Waals surface area contributed by atoms with Crippen LogP contribution in [0.5, 0.6) is 11.5 Å². The molecule has 32 heavy (non-hydrogen) atoms. The van der Waals surface area contributed by atoms with Gasteiger partial charge in [-0.2, -0.15) is 0 Å². The van der Waals surface area contributed by atoms with Crippen molar-refractivity contribution < 1.29 is 14.3 Å². The first-order chi connectivity index (χ1) is 15.5. The highest BCUT2D eigenvalue weighted by atomic mass is 16.5. The lowest BCUT2D eigenvalue weighted by Crippen LogP contribution is -2.44. The van der Waals surface area contributed by atoms with Crippen molar-refractivity contribution >= 4 is 16.9 Å². The first-order valence-corrected chi connectivity index (χ1v) is 11.3. The maximum absolute atomic E-state index is 11.8. The molecule has 6 heteroatoms. The van der Waals surface area contributed by atoms with Gasteiger partial charge in [0.25, 0.3) is 0 Å². The maximum atomic E-state index is 11.8. The van der Waals surface area contributed by atoms with Crippen molar-refractivity contribution in [1.29, 1.82) is 0 Å². The third kappa shape index (κ3) is 4.81. The van der Waals surface area contributed by atoms with Gasteiger partial charge >= 0.3 is 5.97 Å². The highest BCUT2D eigenvalue weighted by Gasteiger charge is 2.15. The summed E-state index contributed by atoms with van der Waals surface area (Å²) in [6.45, 7) is 11.2. The average Bonchev–Trinajstić information content (AvgIpc) is 3.04. The largest absolute Gasteiger partial charge is 0.465 e. The minimum absolute atomic E-state index is 0.369. The van der Waals surface area contributed by atoms with Crippen molar-refractivity contribution in [3.63, 3.8) is 0 Å². The Morgan fingerprint density at radius 2 is 1.72 bits per heavy atom. The van der Waals surface area contributed by atoms with Gasteiger partial charge in [0.15, 0.2) is 0 Å². The smallest absolute Gasteiger partial charge is 0.337 e. The summed E-state index contributed by atoms with van der Waals surface area (Å²) in [4.78, 5) is 16.8. The molecule has 0 N–H and O–H groups in total. The summed E-state index contributed by atoms with van der Waals surface area (Å²) < 4.78 is 13.3. The van der Waals surface area contributed by atoms with E-state index in [-0.39, 0.29) is 5.97 Å². The van der Waals surface area contributed by atoms with E-state index >= 15 is 0 Å². The number of aryl methyl sites for hydroxylation is 2. The van der Waals surface area contributed by atoms with Gasteiger partial charge in [-0.25, -0.2) is 4.79 Å². The number of fused-ring (bicyclic) bond motifs is 1. The molecule has 2 heterocycles. The minimum atomic E-state index is -0.369. The number of aromatic nitrogens is 1. The van der Waals surface area contributed by atoms with Crippen molar-refractivity contribution in [2.75, 3.05) is 46.9 Å². The van der Waals surface area contributed by atoms with Gasteiger partial charge in [0.05, 0.1) is 12.7 Å². The Morgan fingerprint density at radius 3 is 2.47 bits per heavy atom. The van der Waals surface area contributed by atoms with Gasteiger partial charge in [-0.15, -0.1) is 0 Å². The number of nitrogens with zero attached hydrogens (tertiary/aromatic N) is 3. The zero-order valence-electron chi connectivity index (χ0n) is 19.6. The van der Waals surface area contributed by atoms with Crippen LogP contribution < -0.4 is 4.74 Å². The van der Waals surface area contributed by atoms with Gasteiger partial charge in [-0.1, -0.05) is 6.07 Å². The molecule has 170 valence electrons. The predicted octanol–water partition coefficient (Wildman–Crippen LogP) is 4.47. The number of carbonyl (C=O) groups is 1. The van der Waals surface area contributed by atoms with E-state index in [1.807, 2.05) is 12.1 Å². The summed E-state index contributed by atoms with van der Waals surface area (Å²) >= 11 is 0. The van der Waals surface area contributed by atoms with Crippen LogP contribution in [0.4, 0.5) is 0 Å². The van der Waals surface area contributed by atoms with Crippen LogP contribution in [-0.4, -0.2) is 67.2 Å². The molecule has 0 bridgehead atoms. The van der Waals surface area contributed by atoms with E-state index in [1.165, 1.54) is 42.4 Å². The Labute approximate surface area is 190 Å². The number of carbonyl (C=O) groups excluding carboxylic acids is 1. The van der Waals surface area contributed by atoms with Crippen LogP contribution >= 0.6 is 0 Å². The standard InChI is InChI=1S/C26H33N3O3/c1-19-20(2)29(12-6-11-28-15-13-27(3)14-16-28)25-10-9-23(18-24(19)25)32-22-8-5-7-21(17-22)26(30)31-4/h5,7-10,17-18H,6,11-16H2,1-4H3. The quantitative estimate of drug-likeness (QED) is 0.512. The second kappa shape index (κ2) is 9.76. The van der Waals surface area contributed by atoms with Crippen molar-refractivity contribution in [2.24, 2.45) is 0 Å². The van der Waals surface area contributed by atoms with Gasteiger partial charge in [0.1, 0.15) is 11.5 Å². The van der Waals surface area contributed by atoms with Crippen LogP contribution in [-0.2, 0) is 11.3 Å². The Morgan fingerprint density at radius 1 is 0.969 bits per heavy atom. The molecule has 4 rings (SSSR count). The Balaban J connectivity index is 1.48. The normalized spacial score (nSPS) is 15.2. The Bertz CT molecular complexity index is 1100. The van der Waals surface area contributed by atoms with Crippen molar-refractivity contribution in [1.82, 2.24) is 14.4 Å². The molecule has 0 amide bonds. The molecule has 0 aliphatic carbocycles. The predicted molar refractivity (Wildman–Crippen MR) is 128 cm³/mol. The van der Waals surface area contributed by atoms with Crippen molar-refractivity contribution in [2.45, 2.75) is 26.8 Å². The van der Waals surface area contributed by atoms with Gasteiger partial charge in [-0.05, 0) is 75.8 Å². The number of hydrogen-bond donors (Lipinski definition) is 0. The molecule has 1 aliphatic rings. The summed E-state index contributed by atoms with van der Waals surface area (Å²) in [5.41, 5.74) is 4.32. The van der Waals surface area contributed by atoms with E-state index in [2.05, 4.69) is 47.4 Å². The summed E-state index contributed by atoms with van der Waals surface area (Å²) in [5.74, 6) is 1.01. The summed E-state index contributed by atoms with van der Waals surface area (Å²) in [6, 6.07) is 13.3.